The number of carboxylic acid groups (broad SMARTS) is 1. The van der Waals surface area contributed by atoms with E-state index in [2.05, 4.69) is 4.90 Å². The van der Waals surface area contributed by atoms with Crippen LogP contribution in [-0.2, 0) is 9.53 Å². The van der Waals surface area contributed by atoms with Gasteiger partial charge in [-0.1, -0.05) is 20.8 Å². The first-order valence-electron chi connectivity index (χ1n) is 5.73. The van der Waals surface area contributed by atoms with Gasteiger partial charge in [0.25, 0.3) is 0 Å². The number of aliphatic carboxylic acids is 1. The lowest BCUT2D eigenvalue weighted by molar-refractivity contribution is -0.141. The lowest BCUT2D eigenvalue weighted by atomic mass is 10.1. The Morgan fingerprint density at radius 1 is 1.40 bits per heavy atom. The van der Waals surface area contributed by atoms with Gasteiger partial charge >= 0.3 is 5.97 Å². The molecular formula is C11H23NO3. The van der Waals surface area contributed by atoms with E-state index in [1.54, 1.807) is 6.92 Å². The van der Waals surface area contributed by atoms with Crippen molar-refractivity contribution in [3.05, 3.63) is 0 Å². The number of rotatable bonds is 4. The average molecular weight is 217 g/mol. The van der Waals surface area contributed by atoms with Crippen molar-refractivity contribution in [1.82, 2.24) is 4.90 Å². The summed E-state index contributed by atoms with van der Waals surface area (Å²) in [6.45, 7) is 10.1. The van der Waals surface area contributed by atoms with Crippen LogP contribution in [0.25, 0.3) is 0 Å². The van der Waals surface area contributed by atoms with E-state index >= 15 is 0 Å². The van der Waals surface area contributed by atoms with Crippen LogP contribution in [0.3, 0.4) is 0 Å². The second-order valence-electron chi connectivity index (χ2n) is 3.48. The van der Waals surface area contributed by atoms with Crippen LogP contribution in [0.2, 0.25) is 0 Å². The number of ether oxygens (including phenoxy) is 1. The monoisotopic (exact) mass is 217 g/mol. The average Bonchev–Trinajstić information content (AvgIpc) is 2.30. The SMILES string of the molecule is CC.C[C@@H](CCN1CCOCC1)C(=O)O. The maximum Gasteiger partial charge on any atom is 0.306 e. The fourth-order valence-electron chi connectivity index (χ4n) is 1.32. The number of hydrogen-bond acceptors (Lipinski definition) is 3. The van der Waals surface area contributed by atoms with Gasteiger partial charge in [0.05, 0.1) is 19.1 Å². The van der Waals surface area contributed by atoms with Gasteiger partial charge in [0.2, 0.25) is 0 Å². The summed E-state index contributed by atoms with van der Waals surface area (Å²) in [5.41, 5.74) is 0. The van der Waals surface area contributed by atoms with Gasteiger partial charge in [-0.25, -0.2) is 0 Å². The number of hydrogen-bond donors (Lipinski definition) is 1. The molecule has 0 aromatic heterocycles. The molecule has 0 aromatic carbocycles. The van der Waals surface area contributed by atoms with Crippen LogP contribution in [0.4, 0.5) is 0 Å². The summed E-state index contributed by atoms with van der Waals surface area (Å²) in [5.74, 6) is -0.934. The van der Waals surface area contributed by atoms with Crippen LogP contribution >= 0.6 is 0 Å². The summed E-state index contributed by atoms with van der Waals surface area (Å²) in [6.07, 6.45) is 0.731. The molecule has 1 aliphatic rings. The molecule has 1 atom stereocenters. The Morgan fingerprint density at radius 2 is 1.93 bits per heavy atom. The summed E-state index contributed by atoms with van der Waals surface area (Å²) in [6, 6.07) is 0. The van der Waals surface area contributed by atoms with Gasteiger partial charge in [-0.15, -0.1) is 0 Å². The van der Waals surface area contributed by atoms with Crippen LogP contribution < -0.4 is 0 Å². The molecule has 0 unspecified atom stereocenters. The van der Waals surface area contributed by atoms with E-state index in [9.17, 15) is 4.79 Å². The molecular weight excluding hydrogens is 194 g/mol. The number of nitrogens with zero attached hydrogens (tertiary/aromatic N) is 1. The Bertz CT molecular complexity index is 167. The first-order valence-corrected chi connectivity index (χ1v) is 5.73. The summed E-state index contributed by atoms with van der Waals surface area (Å²) in [4.78, 5) is 12.8. The molecule has 90 valence electrons. The second-order valence-corrected chi connectivity index (χ2v) is 3.48. The molecule has 1 fully saturated rings. The van der Waals surface area contributed by atoms with E-state index in [0.717, 1.165) is 39.3 Å². The van der Waals surface area contributed by atoms with Crippen molar-refractivity contribution >= 4 is 5.97 Å². The van der Waals surface area contributed by atoms with Crippen molar-refractivity contribution in [3.8, 4) is 0 Å². The highest BCUT2D eigenvalue weighted by atomic mass is 16.5. The quantitative estimate of drug-likeness (QED) is 0.774. The third kappa shape index (κ3) is 6.47. The first kappa shape index (κ1) is 14.4. The van der Waals surface area contributed by atoms with Crippen LogP contribution in [0, 0.1) is 5.92 Å². The van der Waals surface area contributed by atoms with Crippen molar-refractivity contribution in [3.63, 3.8) is 0 Å². The third-order valence-electron chi connectivity index (χ3n) is 2.40. The van der Waals surface area contributed by atoms with Crippen molar-refractivity contribution in [2.24, 2.45) is 5.92 Å². The molecule has 1 N–H and O–H groups in total. The lowest BCUT2D eigenvalue weighted by Gasteiger charge is -2.26. The highest BCUT2D eigenvalue weighted by Crippen LogP contribution is 2.05. The van der Waals surface area contributed by atoms with Gasteiger partial charge in [-0.3, -0.25) is 9.69 Å². The van der Waals surface area contributed by atoms with E-state index in [1.807, 2.05) is 13.8 Å². The molecule has 0 aromatic rings. The third-order valence-corrected chi connectivity index (χ3v) is 2.40. The van der Waals surface area contributed by atoms with Gasteiger partial charge in [-0.2, -0.15) is 0 Å². The minimum absolute atomic E-state index is 0.233. The van der Waals surface area contributed by atoms with Gasteiger partial charge in [0, 0.05) is 13.1 Å². The summed E-state index contributed by atoms with van der Waals surface area (Å²) < 4.78 is 5.20. The zero-order chi connectivity index (χ0) is 11.7. The molecule has 4 heteroatoms. The minimum Gasteiger partial charge on any atom is -0.481 e. The van der Waals surface area contributed by atoms with E-state index in [1.165, 1.54) is 0 Å². The highest BCUT2D eigenvalue weighted by Gasteiger charge is 2.14. The summed E-state index contributed by atoms with van der Waals surface area (Å²) in [5, 5.41) is 8.67. The fraction of sp³-hybridized carbons (Fsp3) is 0.909. The van der Waals surface area contributed by atoms with E-state index in [0.29, 0.717) is 0 Å². The lowest BCUT2D eigenvalue weighted by Crippen LogP contribution is -2.37. The molecule has 1 aliphatic heterocycles. The predicted molar refractivity (Wildman–Crippen MR) is 60.0 cm³/mol. The molecule has 0 saturated carbocycles. The topological polar surface area (TPSA) is 49.8 Å². The first-order chi connectivity index (χ1) is 7.20. The zero-order valence-corrected chi connectivity index (χ0v) is 10.0. The molecule has 15 heavy (non-hydrogen) atoms. The molecule has 0 spiro atoms. The molecule has 0 radical (unpaired) electrons. The number of carboxylic acids is 1. The number of carbonyl (C=O) groups is 1. The largest absolute Gasteiger partial charge is 0.481 e. The molecule has 0 aliphatic carbocycles. The smallest absolute Gasteiger partial charge is 0.306 e. The van der Waals surface area contributed by atoms with E-state index in [-0.39, 0.29) is 5.92 Å². The standard InChI is InChI=1S/C9H17NO3.C2H6/c1-8(9(11)12)2-3-10-4-6-13-7-5-10;1-2/h8H,2-7H2,1H3,(H,11,12);1-2H3/t8-;/m0./s1. The summed E-state index contributed by atoms with van der Waals surface area (Å²) >= 11 is 0. The molecule has 1 saturated heterocycles. The van der Waals surface area contributed by atoms with E-state index in [4.69, 9.17) is 9.84 Å². The van der Waals surface area contributed by atoms with Crippen molar-refractivity contribution in [1.29, 1.82) is 0 Å². The predicted octanol–water partition coefficient (Wildman–Crippen LogP) is 1.46. The van der Waals surface area contributed by atoms with Crippen molar-refractivity contribution < 1.29 is 14.6 Å². The normalized spacial score (nSPS) is 18.9. The van der Waals surface area contributed by atoms with Crippen LogP contribution in [0.15, 0.2) is 0 Å². The van der Waals surface area contributed by atoms with Crippen molar-refractivity contribution in [2.45, 2.75) is 27.2 Å². The Labute approximate surface area is 92.2 Å². The van der Waals surface area contributed by atoms with Crippen LogP contribution in [-0.4, -0.2) is 48.8 Å². The van der Waals surface area contributed by atoms with Crippen molar-refractivity contribution in [2.75, 3.05) is 32.8 Å². The molecule has 1 heterocycles. The van der Waals surface area contributed by atoms with Crippen LogP contribution in [0.5, 0.6) is 0 Å². The second kappa shape index (κ2) is 8.68. The maximum atomic E-state index is 10.5. The van der Waals surface area contributed by atoms with Gasteiger partial charge in [-0.05, 0) is 13.0 Å². The minimum atomic E-state index is -0.701. The molecule has 0 amide bonds. The van der Waals surface area contributed by atoms with Gasteiger partial charge < -0.3 is 9.84 Å². The van der Waals surface area contributed by atoms with Gasteiger partial charge in [0.1, 0.15) is 0 Å². The summed E-state index contributed by atoms with van der Waals surface area (Å²) in [7, 11) is 0. The van der Waals surface area contributed by atoms with E-state index < -0.39 is 5.97 Å². The molecule has 4 nitrogen and oxygen atoms in total. The Kier molecular flexibility index (Phi) is 8.33. The fourth-order valence-corrected chi connectivity index (χ4v) is 1.32. The molecule has 0 bridgehead atoms. The maximum absolute atomic E-state index is 10.5. The van der Waals surface area contributed by atoms with Gasteiger partial charge in [0.15, 0.2) is 0 Å². The number of morpholine rings is 1. The van der Waals surface area contributed by atoms with Crippen LogP contribution in [0.1, 0.15) is 27.2 Å². The Morgan fingerprint density at radius 3 is 2.40 bits per heavy atom. The Hall–Kier alpha value is -0.610. The molecule has 1 rings (SSSR count). The Balaban J connectivity index is 0.000000921. The zero-order valence-electron chi connectivity index (χ0n) is 10.0. The highest BCUT2D eigenvalue weighted by molar-refractivity contribution is 5.69.